The fraction of sp³-hybridized carbons (Fsp3) is 0.500. The van der Waals surface area contributed by atoms with Gasteiger partial charge in [-0.3, -0.25) is 19.1 Å². The number of allylic oxidation sites excluding steroid dienone is 1. The van der Waals surface area contributed by atoms with Gasteiger partial charge in [-0.25, -0.2) is 22.6 Å². The molecule has 2 aromatic heterocycles. The normalized spacial score (nSPS) is 27.4. The van der Waals surface area contributed by atoms with E-state index in [4.69, 9.17) is 30.5 Å². The lowest BCUT2D eigenvalue weighted by atomic mass is 10.0. The quantitative estimate of drug-likeness (QED) is 0.178. The topological polar surface area (TPSA) is 186 Å². The average molecular weight is 850 g/mol. The number of hydrogen-bond acceptors (Lipinski definition) is 10. The maximum absolute atomic E-state index is 14.9. The molecule has 4 heterocycles. The van der Waals surface area contributed by atoms with Gasteiger partial charge in [-0.2, -0.15) is 0 Å². The molecular weight excluding hydrogens is 805 g/mol. The monoisotopic (exact) mass is 849 g/mol. The van der Waals surface area contributed by atoms with Crippen molar-refractivity contribution in [2.45, 2.75) is 119 Å². The van der Waals surface area contributed by atoms with Crippen molar-refractivity contribution in [2.75, 3.05) is 6.54 Å². The Hall–Kier alpha value is -4.96. The number of furan rings is 1. The first-order valence-corrected chi connectivity index (χ1v) is 22.4. The lowest BCUT2D eigenvalue weighted by Crippen LogP contribution is -2.58. The van der Waals surface area contributed by atoms with Crippen LogP contribution in [0, 0.1) is 11.7 Å². The van der Waals surface area contributed by atoms with E-state index >= 15 is 0 Å². The number of benzene rings is 2. The predicted molar refractivity (Wildman–Crippen MR) is 215 cm³/mol. The van der Waals surface area contributed by atoms with Crippen molar-refractivity contribution < 1.29 is 45.9 Å². The Kier molecular flexibility index (Phi) is 10.4. The molecule has 5 aliphatic rings. The van der Waals surface area contributed by atoms with Gasteiger partial charge < -0.3 is 29.4 Å². The Bertz CT molecular complexity index is 2500. The fourth-order valence-corrected chi connectivity index (χ4v) is 10.4. The molecule has 2 aromatic carbocycles. The van der Waals surface area contributed by atoms with E-state index in [1.54, 1.807) is 18.2 Å². The van der Waals surface area contributed by atoms with Crippen molar-refractivity contribution in [3.8, 4) is 5.75 Å². The third-order valence-corrected chi connectivity index (χ3v) is 14.3. The van der Waals surface area contributed by atoms with Crippen molar-refractivity contribution >= 4 is 78.4 Å². The average Bonchev–Trinajstić information content (AvgIpc) is 4.02. The van der Waals surface area contributed by atoms with Gasteiger partial charge in [-0.15, -0.1) is 0 Å². The Morgan fingerprint density at radius 1 is 0.983 bits per heavy atom. The number of amides is 4. The summed E-state index contributed by atoms with van der Waals surface area (Å²) in [4.78, 5) is 62.5. The summed E-state index contributed by atoms with van der Waals surface area (Å²) in [5.41, 5.74) is -0.0533. The zero-order valence-corrected chi connectivity index (χ0v) is 33.8. The highest BCUT2D eigenvalue weighted by Crippen LogP contribution is 2.46. The van der Waals surface area contributed by atoms with E-state index in [0.29, 0.717) is 58.1 Å². The Morgan fingerprint density at radius 3 is 2.58 bits per heavy atom. The van der Waals surface area contributed by atoms with Crippen molar-refractivity contribution in [3.63, 3.8) is 0 Å². The molecule has 3 saturated carbocycles. The van der Waals surface area contributed by atoms with E-state index < -0.39 is 74.5 Å². The summed E-state index contributed by atoms with van der Waals surface area (Å²) in [6.07, 6.45) is 9.36. The maximum Gasteiger partial charge on any atom is 0.408 e. The molecule has 0 unspecified atom stereocenters. The third kappa shape index (κ3) is 7.93. The summed E-state index contributed by atoms with van der Waals surface area (Å²) in [5, 5.41) is 6.37. The van der Waals surface area contributed by atoms with E-state index in [2.05, 4.69) is 15.4 Å². The minimum absolute atomic E-state index is 0.0674. The van der Waals surface area contributed by atoms with Crippen LogP contribution in [-0.2, 0) is 29.1 Å². The summed E-state index contributed by atoms with van der Waals surface area (Å²) in [6.45, 7) is -0.127. The number of carbonyl (C=O) groups is 4. The van der Waals surface area contributed by atoms with E-state index in [1.165, 1.54) is 23.1 Å². The molecule has 4 aromatic rings. The standard InChI is InChI=1S/C42H45ClFN5O9S/c43-24-12-17-34-30(18-24)35-37(58-34)36(29-19-25(44)13-16-31(29)45-35)56-27-20-33-38(50)47-42(40(52)48-59(54,55)28-14-15-28)21-23(42)8-4-2-1-3-5-11-32(39(51)49(33)22-27)46-41(53)57-26-9-6-7-10-26/h4,8,12-13,16-19,23,26-28,32-33H,1-3,5-7,9-11,14-15,20-22H2,(H,46,53)(H,47,50)(H,48,52)/b8-4-/t23-,27+,32-,33+,42-/m1/s1. The molecule has 0 bridgehead atoms. The number of rotatable bonds is 7. The van der Waals surface area contributed by atoms with Crippen LogP contribution in [0.4, 0.5) is 9.18 Å². The van der Waals surface area contributed by atoms with Gasteiger partial charge >= 0.3 is 6.09 Å². The predicted octanol–water partition coefficient (Wildman–Crippen LogP) is 6.32. The van der Waals surface area contributed by atoms with E-state index in [-0.39, 0.29) is 43.2 Å². The van der Waals surface area contributed by atoms with Crippen molar-refractivity contribution in [1.82, 2.24) is 25.2 Å². The molecular formula is C42H45ClFN5O9S. The zero-order chi connectivity index (χ0) is 41.1. The first kappa shape index (κ1) is 39.5. The number of halogens is 2. The van der Waals surface area contributed by atoms with E-state index in [9.17, 15) is 32.0 Å². The summed E-state index contributed by atoms with van der Waals surface area (Å²) in [6, 6.07) is 6.88. The lowest BCUT2D eigenvalue weighted by Gasteiger charge is -2.30. The highest BCUT2D eigenvalue weighted by molar-refractivity contribution is 7.91. The number of nitrogens with one attached hydrogen (secondary N) is 3. The van der Waals surface area contributed by atoms with Crippen molar-refractivity contribution in [3.05, 3.63) is 59.4 Å². The number of nitrogens with zero attached hydrogens (tertiary/aromatic N) is 2. The number of ether oxygens (including phenoxy) is 2. The van der Waals surface area contributed by atoms with Crippen molar-refractivity contribution in [2.24, 2.45) is 5.92 Å². The van der Waals surface area contributed by atoms with Crippen LogP contribution in [0.15, 0.2) is 53.0 Å². The Morgan fingerprint density at radius 2 is 1.78 bits per heavy atom. The van der Waals surface area contributed by atoms with Crippen LogP contribution in [-0.4, -0.2) is 83.7 Å². The minimum atomic E-state index is -3.94. The zero-order valence-electron chi connectivity index (χ0n) is 32.2. The van der Waals surface area contributed by atoms with Crippen LogP contribution in [0.2, 0.25) is 5.02 Å². The number of carbonyl (C=O) groups excluding carboxylic acids is 4. The molecule has 59 heavy (non-hydrogen) atoms. The number of sulfonamides is 1. The Labute approximate surface area is 344 Å². The summed E-state index contributed by atoms with van der Waals surface area (Å²) in [5.74, 6) is -2.92. The van der Waals surface area contributed by atoms with Gasteiger partial charge in [0.2, 0.25) is 21.8 Å². The summed E-state index contributed by atoms with van der Waals surface area (Å²) in [7, 11) is -3.94. The first-order valence-electron chi connectivity index (χ1n) is 20.5. The Balaban J connectivity index is 1.07. The second kappa shape index (κ2) is 15.6. The highest BCUT2D eigenvalue weighted by Gasteiger charge is 2.62. The van der Waals surface area contributed by atoms with Gasteiger partial charge in [0.05, 0.1) is 17.3 Å². The molecule has 5 atom stereocenters. The number of hydrogen-bond donors (Lipinski definition) is 3. The SMILES string of the molecule is O=C(N[C@@H]1CCCCC/C=C\[C@@H]2C[C@@]2(C(=O)NS(=O)(=O)C2CC2)NC(=O)[C@@H]2C[C@H](Oc3c4cc(F)ccc4nc4c3oc3ccc(Cl)cc34)CN2C1=O)OC1CCCC1. The van der Waals surface area contributed by atoms with Crippen LogP contribution in [0.5, 0.6) is 5.75 Å². The number of alkyl carbamates (subject to hydrolysis) is 1. The maximum atomic E-state index is 14.9. The fourth-order valence-electron chi connectivity index (χ4n) is 8.82. The molecule has 312 valence electrons. The second-order valence-electron chi connectivity index (χ2n) is 16.5. The number of fused-ring (bicyclic) bond motifs is 6. The number of pyridine rings is 1. The smallest absolute Gasteiger partial charge is 0.408 e. The molecule has 1 saturated heterocycles. The largest absolute Gasteiger partial charge is 0.484 e. The van der Waals surface area contributed by atoms with Crippen LogP contribution >= 0.6 is 11.6 Å². The molecule has 0 radical (unpaired) electrons. The molecule has 0 spiro atoms. The highest BCUT2D eigenvalue weighted by atomic mass is 35.5. The molecule has 14 nitrogen and oxygen atoms in total. The van der Waals surface area contributed by atoms with Crippen LogP contribution < -0.4 is 20.1 Å². The molecule has 3 N–H and O–H groups in total. The van der Waals surface area contributed by atoms with Crippen molar-refractivity contribution in [1.29, 1.82) is 0 Å². The molecule has 3 aliphatic carbocycles. The minimum Gasteiger partial charge on any atom is -0.484 e. The summed E-state index contributed by atoms with van der Waals surface area (Å²) >= 11 is 6.34. The van der Waals surface area contributed by atoms with Gasteiger partial charge in [-0.1, -0.05) is 36.6 Å². The van der Waals surface area contributed by atoms with Gasteiger partial charge in [0.1, 0.15) is 46.7 Å². The summed E-state index contributed by atoms with van der Waals surface area (Å²) < 4.78 is 61.5. The number of aromatic nitrogens is 1. The van der Waals surface area contributed by atoms with E-state index in [1.807, 2.05) is 12.2 Å². The van der Waals surface area contributed by atoms with Gasteiger partial charge in [0.15, 0.2) is 11.3 Å². The van der Waals surface area contributed by atoms with Gasteiger partial charge in [-0.05, 0) is 101 Å². The molecule has 2 aliphatic heterocycles. The van der Waals surface area contributed by atoms with Crippen LogP contribution in [0.1, 0.15) is 83.5 Å². The van der Waals surface area contributed by atoms with Crippen LogP contribution in [0.3, 0.4) is 0 Å². The third-order valence-electron chi connectivity index (χ3n) is 12.3. The molecule has 9 rings (SSSR count). The molecule has 17 heteroatoms. The van der Waals surface area contributed by atoms with Gasteiger partial charge in [0, 0.05) is 28.1 Å². The second-order valence-corrected chi connectivity index (χ2v) is 18.9. The van der Waals surface area contributed by atoms with E-state index in [0.717, 1.165) is 38.5 Å². The van der Waals surface area contributed by atoms with Crippen LogP contribution in [0.25, 0.3) is 33.0 Å². The van der Waals surface area contributed by atoms with Gasteiger partial charge in [0.25, 0.3) is 5.91 Å². The lowest BCUT2D eigenvalue weighted by molar-refractivity contribution is -0.141. The molecule has 4 fully saturated rings. The first-order chi connectivity index (χ1) is 28.4. The molecule has 4 amide bonds.